The second kappa shape index (κ2) is 3.94. The Morgan fingerprint density at radius 3 is 3.00 bits per heavy atom. The van der Waals surface area contributed by atoms with Crippen LogP contribution in [0.2, 0.25) is 0 Å². The molecule has 0 radical (unpaired) electrons. The number of rotatable bonds is 2. The van der Waals surface area contributed by atoms with Gasteiger partial charge in [-0.2, -0.15) is 0 Å². The van der Waals surface area contributed by atoms with Gasteiger partial charge in [-0.15, -0.1) is 0 Å². The van der Waals surface area contributed by atoms with Crippen molar-refractivity contribution in [1.82, 2.24) is 14.9 Å². The van der Waals surface area contributed by atoms with Gasteiger partial charge in [0.2, 0.25) is 0 Å². The van der Waals surface area contributed by atoms with Crippen LogP contribution in [0.4, 0.5) is 0 Å². The Morgan fingerprint density at radius 1 is 1.60 bits per heavy atom. The largest absolute Gasteiger partial charge is 0.477 e. The van der Waals surface area contributed by atoms with Crippen molar-refractivity contribution in [1.29, 1.82) is 0 Å². The molecule has 1 aliphatic rings. The summed E-state index contributed by atoms with van der Waals surface area (Å²) in [6.45, 7) is 1.98. The van der Waals surface area contributed by atoms with E-state index in [-0.39, 0.29) is 5.69 Å². The summed E-state index contributed by atoms with van der Waals surface area (Å²) in [7, 11) is 2.05. The highest BCUT2D eigenvalue weighted by atomic mass is 16.4. The zero-order valence-corrected chi connectivity index (χ0v) is 8.55. The van der Waals surface area contributed by atoms with Gasteiger partial charge in [-0.25, -0.2) is 14.8 Å². The predicted molar refractivity (Wildman–Crippen MR) is 53.8 cm³/mol. The lowest BCUT2D eigenvalue weighted by Gasteiger charge is -2.09. The SMILES string of the molecule is CN1CCC(c2cc(C(=O)O)ncn2)C1. The molecule has 0 amide bonds. The number of likely N-dealkylation sites (tertiary alicyclic amines) is 1. The van der Waals surface area contributed by atoms with Crippen LogP contribution in [0.5, 0.6) is 0 Å². The summed E-state index contributed by atoms with van der Waals surface area (Å²) in [4.78, 5) is 20.8. The molecule has 5 nitrogen and oxygen atoms in total. The average molecular weight is 207 g/mol. The summed E-state index contributed by atoms with van der Waals surface area (Å²) >= 11 is 0. The number of likely N-dealkylation sites (N-methyl/N-ethyl adjacent to an activating group) is 1. The van der Waals surface area contributed by atoms with Gasteiger partial charge >= 0.3 is 5.97 Å². The lowest BCUT2D eigenvalue weighted by atomic mass is 10.0. The topological polar surface area (TPSA) is 66.3 Å². The molecule has 1 atom stereocenters. The van der Waals surface area contributed by atoms with E-state index in [1.165, 1.54) is 6.33 Å². The van der Waals surface area contributed by atoms with Crippen molar-refractivity contribution in [2.45, 2.75) is 12.3 Å². The van der Waals surface area contributed by atoms with Gasteiger partial charge < -0.3 is 10.0 Å². The molecule has 2 rings (SSSR count). The highest BCUT2D eigenvalue weighted by Gasteiger charge is 2.23. The van der Waals surface area contributed by atoms with Gasteiger partial charge in [-0.3, -0.25) is 0 Å². The molecule has 0 bridgehead atoms. The van der Waals surface area contributed by atoms with Crippen LogP contribution in [0.1, 0.15) is 28.5 Å². The third-order valence-corrected chi connectivity index (χ3v) is 2.72. The molecular formula is C10H13N3O2. The first-order valence-corrected chi connectivity index (χ1v) is 4.90. The highest BCUT2D eigenvalue weighted by Crippen LogP contribution is 2.24. The minimum absolute atomic E-state index is 0.0783. The predicted octanol–water partition coefficient (Wildman–Crippen LogP) is 0.594. The smallest absolute Gasteiger partial charge is 0.354 e. The van der Waals surface area contributed by atoms with Crippen LogP contribution in [-0.2, 0) is 0 Å². The van der Waals surface area contributed by atoms with Gasteiger partial charge in [-0.05, 0) is 26.1 Å². The van der Waals surface area contributed by atoms with E-state index in [0.717, 1.165) is 25.2 Å². The lowest BCUT2D eigenvalue weighted by molar-refractivity contribution is 0.0690. The van der Waals surface area contributed by atoms with Crippen molar-refractivity contribution in [3.05, 3.63) is 23.8 Å². The minimum Gasteiger partial charge on any atom is -0.477 e. The van der Waals surface area contributed by atoms with E-state index >= 15 is 0 Å². The van der Waals surface area contributed by atoms with Gasteiger partial charge in [0, 0.05) is 18.2 Å². The molecule has 0 spiro atoms. The Bertz CT molecular complexity index is 381. The van der Waals surface area contributed by atoms with Crippen molar-refractivity contribution < 1.29 is 9.90 Å². The van der Waals surface area contributed by atoms with Crippen LogP contribution < -0.4 is 0 Å². The summed E-state index contributed by atoms with van der Waals surface area (Å²) in [5, 5.41) is 8.80. The van der Waals surface area contributed by atoms with Crippen LogP contribution in [0, 0.1) is 0 Å². The van der Waals surface area contributed by atoms with E-state index in [1.54, 1.807) is 6.07 Å². The van der Waals surface area contributed by atoms with Gasteiger partial charge in [0.05, 0.1) is 0 Å². The number of hydrogen-bond donors (Lipinski definition) is 1. The molecule has 1 unspecified atom stereocenters. The Labute approximate surface area is 87.8 Å². The maximum absolute atomic E-state index is 10.7. The molecule has 1 fully saturated rings. The molecule has 15 heavy (non-hydrogen) atoms. The Balaban J connectivity index is 2.21. The van der Waals surface area contributed by atoms with Crippen molar-refractivity contribution in [3.63, 3.8) is 0 Å². The minimum atomic E-state index is -0.995. The molecule has 80 valence electrons. The Morgan fingerprint density at radius 2 is 2.40 bits per heavy atom. The summed E-state index contributed by atoms with van der Waals surface area (Å²) in [5.74, 6) is -0.652. The summed E-state index contributed by atoms with van der Waals surface area (Å²) in [6, 6.07) is 1.58. The van der Waals surface area contributed by atoms with Crippen LogP contribution in [-0.4, -0.2) is 46.1 Å². The third-order valence-electron chi connectivity index (χ3n) is 2.72. The van der Waals surface area contributed by atoms with E-state index in [0.29, 0.717) is 5.92 Å². The quantitative estimate of drug-likeness (QED) is 0.769. The van der Waals surface area contributed by atoms with Crippen LogP contribution in [0.15, 0.2) is 12.4 Å². The summed E-state index contributed by atoms with van der Waals surface area (Å²) < 4.78 is 0. The molecule has 1 saturated heterocycles. The van der Waals surface area contributed by atoms with Crippen molar-refractivity contribution in [3.8, 4) is 0 Å². The molecule has 1 aromatic rings. The molecule has 0 aliphatic carbocycles. The third kappa shape index (κ3) is 2.12. The fraction of sp³-hybridized carbons (Fsp3) is 0.500. The zero-order valence-electron chi connectivity index (χ0n) is 8.55. The summed E-state index contributed by atoms with van der Waals surface area (Å²) in [6.07, 6.45) is 2.36. The standard InChI is InChI=1S/C10H13N3O2/c1-13-3-2-7(5-13)8-4-9(10(14)15)12-6-11-8/h4,6-7H,2-3,5H2,1H3,(H,14,15). The van der Waals surface area contributed by atoms with Crippen molar-refractivity contribution in [2.24, 2.45) is 0 Å². The maximum Gasteiger partial charge on any atom is 0.354 e. The fourth-order valence-electron chi connectivity index (χ4n) is 1.89. The molecule has 1 N–H and O–H groups in total. The summed E-state index contributed by atoms with van der Waals surface area (Å²) in [5.41, 5.74) is 0.918. The molecule has 5 heteroatoms. The van der Waals surface area contributed by atoms with Gasteiger partial charge in [0.1, 0.15) is 6.33 Å². The number of carboxylic acids is 1. The van der Waals surface area contributed by atoms with E-state index in [9.17, 15) is 4.79 Å². The second-order valence-corrected chi connectivity index (χ2v) is 3.88. The second-order valence-electron chi connectivity index (χ2n) is 3.88. The molecule has 0 saturated carbocycles. The highest BCUT2D eigenvalue weighted by molar-refractivity contribution is 5.85. The van der Waals surface area contributed by atoms with E-state index < -0.39 is 5.97 Å². The Hall–Kier alpha value is -1.49. The van der Waals surface area contributed by atoms with Crippen LogP contribution in [0.3, 0.4) is 0 Å². The number of nitrogens with zero attached hydrogens (tertiary/aromatic N) is 3. The Kier molecular flexibility index (Phi) is 2.64. The van der Waals surface area contributed by atoms with Gasteiger partial charge in [0.25, 0.3) is 0 Å². The number of aromatic carboxylic acids is 1. The zero-order chi connectivity index (χ0) is 10.8. The first kappa shape index (κ1) is 10.0. The van der Waals surface area contributed by atoms with Crippen molar-refractivity contribution >= 4 is 5.97 Å². The van der Waals surface area contributed by atoms with E-state index in [1.807, 2.05) is 0 Å². The number of aromatic nitrogens is 2. The molecule has 1 aromatic heterocycles. The van der Waals surface area contributed by atoms with E-state index in [2.05, 4.69) is 21.9 Å². The van der Waals surface area contributed by atoms with Crippen molar-refractivity contribution in [2.75, 3.05) is 20.1 Å². The molecule has 0 aromatic carbocycles. The molecule has 2 heterocycles. The molecule has 1 aliphatic heterocycles. The van der Waals surface area contributed by atoms with Crippen LogP contribution in [0.25, 0.3) is 0 Å². The monoisotopic (exact) mass is 207 g/mol. The number of carbonyl (C=O) groups is 1. The number of carboxylic acid groups (broad SMARTS) is 1. The average Bonchev–Trinajstić information content (AvgIpc) is 2.65. The first-order chi connectivity index (χ1) is 7.16. The van der Waals surface area contributed by atoms with Gasteiger partial charge in [-0.1, -0.05) is 0 Å². The molecular weight excluding hydrogens is 194 g/mol. The normalized spacial score (nSPS) is 21.8. The van der Waals surface area contributed by atoms with E-state index in [4.69, 9.17) is 5.11 Å². The van der Waals surface area contributed by atoms with Crippen LogP contribution >= 0.6 is 0 Å². The maximum atomic E-state index is 10.7. The first-order valence-electron chi connectivity index (χ1n) is 4.90. The number of hydrogen-bond acceptors (Lipinski definition) is 4. The van der Waals surface area contributed by atoms with Gasteiger partial charge in [0.15, 0.2) is 5.69 Å². The lowest BCUT2D eigenvalue weighted by Crippen LogP contribution is -2.14. The fourth-order valence-corrected chi connectivity index (χ4v) is 1.89.